The lowest BCUT2D eigenvalue weighted by Crippen LogP contribution is -1.98. The highest BCUT2D eigenvalue weighted by atomic mass is 16.4. The number of aromatic hydroxyl groups is 2. The third-order valence-electron chi connectivity index (χ3n) is 3.04. The minimum Gasteiger partial charge on any atom is -0.508 e. The predicted molar refractivity (Wildman–Crippen MR) is 71.6 cm³/mol. The van der Waals surface area contributed by atoms with Crippen LogP contribution in [0.2, 0.25) is 0 Å². The van der Waals surface area contributed by atoms with Gasteiger partial charge in [-0.3, -0.25) is 0 Å². The Morgan fingerprint density at radius 1 is 1.11 bits per heavy atom. The topological polar surface area (TPSA) is 73.1 Å². The molecule has 0 unspecified atom stereocenters. The summed E-state index contributed by atoms with van der Waals surface area (Å²) in [6, 6.07) is 2.99. The van der Waals surface area contributed by atoms with Gasteiger partial charge in [-0.1, -0.05) is 31.3 Å². The van der Waals surface area contributed by atoms with Crippen LogP contribution in [0.25, 0.3) is 0 Å². The molecule has 0 amide bonds. The summed E-state index contributed by atoms with van der Waals surface area (Å²) in [5.74, 6) is 0.0265. The molecule has 0 radical (unpaired) electrons. The van der Waals surface area contributed by atoms with Gasteiger partial charge in [0.2, 0.25) is 0 Å². The molecule has 0 atom stereocenters. The first-order chi connectivity index (χ1) is 8.60. The highest BCUT2D eigenvalue weighted by Crippen LogP contribution is 2.29. The molecule has 18 heavy (non-hydrogen) atoms. The molecule has 0 spiro atoms. The lowest BCUT2D eigenvalue weighted by atomic mass is 10.0. The minimum atomic E-state index is -0.0693. The molecule has 0 fully saturated rings. The summed E-state index contributed by atoms with van der Waals surface area (Å²) in [5.41, 5.74) is 1.57. The highest BCUT2D eigenvalue weighted by Gasteiger charge is 2.11. The molecular formula is C14H21NO3. The summed E-state index contributed by atoms with van der Waals surface area (Å²) in [7, 11) is 0. The van der Waals surface area contributed by atoms with E-state index >= 15 is 0 Å². The van der Waals surface area contributed by atoms with Gasteiger partial charge in [0, 0.05) is 11.6 Å². The van der Waals surface area contributed by atoms with E-state index in [9.17, 15) is 10.2 Å². The Morgan fingerprint density at radius 2 is 1.83 bits per heavy atom. The summed E-state index contributed by atoms with van der Waals surface area (Å²) in [6.45, 7) is 3.75. The van der Waals surface area contributed by atoms with E-state index in [0.717, 1.165) is 24.8 Å². The van der Waals surface area contributed by atoms with Gasteiger partial charge in [0.1, 0.15) is 11.5 Å². The number of hydrogen-bond donors (Lipinski definition) is 3. The number of benzene rings is 1. The fourth-order valence-electron chi connectivity index (χ4n) is 1.91. The second-order valence-electron chi connectivity index (χ2n) is 4.49. The van der Waals surface area contributed by atoms with Crippen molar-refractivity contribution in [2.75, 3.05) is 0 Å². The molecule has 100 valence electrons. The summed E-state index contributed by atoms with van der Waals surface area (Å²) in [6.07, 6.45) is 5.24. The minimum absolute atomic E-state index is 0.0693. The van der Waals surface area contributed by atoms with Crippen LogP contribution in [0.1, 0.15) is 50.7 Å². The van der Waals surface area contributed by atoms with E-state index in [2.05, 4.69) is 12.1 Å². The molecule has 0 aliphatic rings. The molecule has 1 aromatic rings. The highest BCUT2D eigenvalue weighted by molar-refractivity contribution is 6.01. The smallest absolute Gasteiger partial charge is 0.128 e. The summed E-state index contributed by atoms with van der Waals surface area (Å²) >= 11 is 0. The maximum Gasteiger partial charge on any atom is 0.128 e. The Kier molecular flexibility index (Phi) is 5.49. The SMILES string of the molecule is CCCCCCc1cc(/C(C)=N/O)c(O)cc1O. The zero-order valence-corrected chi connectivity index (χ0v) is 11.0. The van der Waals surface area contributed by atoms with E-state index in [1.165, 1.54) is 18.9 Å². The van der Waals surface area contributed by atoms with Crippen molar-refractivity contribution in [1.29, 1.82) is 0 Å². The van der Waals surface area contributed by atoms with E-state index in [-0.39, 0.29) is 11.5 Å². The van der Waals surface area contributed by atoms with Crippen LogP contribution in [0.4, 0.5) is 0 Å². The second kappa shape index (κ2) is 6.89. The molecular weight excluding hydrogens is 230 g/mol. The normalized spacial score (nSPS) is 11.8. The Hall–Kier alpha value is -1.71. The quantitative estimate of drug-likeness (QED) is 0.314. The second-order valence-corrected chi connectivity index (χ2v) is 4.49. The van der Waals surface area contributed by atoms with E-state index in [1.54, 1.807) is 13.0 Å². The maximum absolute atomic E-state index is 9.76. The van der Waals surface area contributed by atoms with Gasteiger partial charge in [-0.2, -0.15) is 0 Å². The van der Waals surface area contributed by atoms with Crippen LogP contribution in [0.15, 0.2) is 17.3 Å². The molecule has 0 aliphatic carbocycles. The molecule has 1 rings (SSSR count). The first-order valence-electron chi connectivity index (χ1n) is 6.34. The zero-order valence-electron chi connectivity index (χ0n) is 11.0. The van der Waals surface area contributed by atoms with E-state index in [4.69, 9.17) is 5.21 Å². The van der Waals surface area contributed by atoms with Crippen molar-refractivity contribution in [3.63, 3.8) is 0 Å². The van der Waals surface area contributed by atoms with Crippen molar-refractivity contribution in [1.82, 2.24) is 0 Å². The molecule has 0 aliphatic heterocycles. The van der Waals surface area contributed by atoms with Crippen LogP contribution < -0.4 is 0 Å². The molecule has 0 saturated heterocycles. The van der Waals surface area contributed by atoms with Gasteiger partial charge in [-0.15, -0.1) is 0 Å². The molecule has 0 heterocycles. The molecule has 4 heteroatoms. The van der Waals surface area contributed by atoms with Crippen LogP contribution in [0.5, 0.6) is 11.5 Å². The van der Waals surface area contributed by atoms with Gasteiger partial charge in [-0.25, -0.2) is 0 Å². The van der Waals surface area contributed by atoms with Crippen molar-refractivity contribution < 1.29 is 15.4 Å². The molecule has 4 nitrogen and oxygen atoms in total. The third kappa shape index (κ3) is 3.65. The van der Waals surface area contributed by atoms with Gasteiger partial charge in [0.25, 0.3) is 0 Å². The van der Waals surface area contributed by atoms with Gasteiger partial charge >= 0.3 is 0 Å². The average Bonchev–Trinajstić information content (AvgIpc) is 2.36. The molecule has 1 aromatic carbocycles. The largest absolute Gasteiger partial charge is 0.508 e. The number of hydrogen-bond acceptors (Lipinski definition) is 4. The molecule has 0 bridgehead atoms. The Balaban J connectivity index is 2.85. The number of phenolic OH excluding ortho intramolecular Hbond substituents is 2. The zero-order chi connectivity index (χ0) is 13.5. The molecule has 0 saturated carbocycles. The molecule has 3 N–H and O–H groups in total. The first kappa shape index (κ1) is 14.4. The van der Waals surface area contributed by atoms with E-state index in [1.807, 2.05) is 0 Å². The van der Waals surface area contributed by atoms with Crippen LogP contribution >= 0.6 is 0 Å². The Morgan fingerprint density at radius 3 is 2.44 bits per heavy atom. The average molecular weight is 251 g/mol. The summed E-state index contributed by atoms with van der Waals surface area (Å²) < 4.78 is 0. The fraction of sp³-hybridized carbons (Fsp3) is 0.500. The van der Waals surface area contributed by atoms with Crippen molar-refractivity contribution in [2.45, 2.75) is 46.0 Å². The predicted octanol–water partition coefficient (Wildman–Crippen LogP) is 3.42. The number of phenols is 2. The lowest BCUT2D eigenvalue weighted by molar-refractivity contribution is 0.318. The third-order valence-corrected chi connectivity index (χ3v) is 3.04. The number of rotatable bonds is 6. The van der Waals surface area contributed by atoms with Gasteiger partial charge in [0.15, 0.2) is 0 Å². The monoisotopic (exact) mass is 251 g/mol. The number of aryl methyl sites for hydroxylation is 1. The first-order valence-corrected chi connectivity index (χ1v) is 6.34. The number of nitrogens with zero attached hydrogens (tertiary/aromatic N) is 1. The van der Waals surface area contributed by atoms with Crippen molar-refractivity contribution in [3.05, 3.63) is 23.3 Å². The standard InChI is InChI=1S/C14H21NO3/c1-3-4-5-6-7-11-8-12(10(2)15-18)14(17)9-13(11)16/h8-9,16-18H,3-7H2,1-2H3/b15-10+. The van der Waals surface area contributed by atoms with E-state index < -0.39 is 0 Å². The van der Waals surface area contributed by atoms with Crippen LogP contribution in [0.3, 0.4) is 0 Å². The fourth-order valence-corrected chi connectivity index (χ4v) is 1.91. The molecule has 0 aromatic heterocycles. The van der Waals surface area contributed by atoms with Gasteiger partial charge in [-0.05, 0) is 31.4 Å². The summed E-state index contributed by atoms with van der Waals surface area (Å²) in [5, 5.41) is 31.2. The number of unbranched alkanes of at least 4 members (excludes halogenated alkanes) is 3. The van der Waals surface area contributed by atoms with Crippen LogP contribution in [-0.4, -0.2) is 21.1 Å². The van der Waals surface area contributed by atoms with Crippen molar-refractivity contribution in [2.24, 2.45) is 5.16 Å². The Labute approximate surface area is 108 Å². The maximum atomic E-state index is 9.76. The Bertz CT molecular complexity index is 427. The van der Waals surface area contributed by atoms with Crippen molar-refractivity contribution in [3.8, 4) is 11.5 Å². The van der Waals surface area contributed by atoms with Gasteiger partial charge < -0.3 is 15.4 Å². The summed E-state index contributed by atoms with van der Waals surface area (Å²) in [4.78, 5) is 0. The number of oxime groups is 1. The van der Waals surface area contributed by atoms with Gasteiger partial charge in [0.05, 0.1) is 5.71 Å². The van der Waals surface area contributed by atoms with Crippen LogP contribution in [-0.2, 0) is 6.42 Å². The lowest BCUT2D eigenvalue weighted by Gasteiger charge is -2.09. The van der Waals surface area contributed by atoms with Crippen LogP contribution in [0, 0.1) is 0 Å². The van der Waals surface area contributed by atoms with E-state index in [0.29, 0.717) is 11.3 Å². The van der Waals surface area contributed by atoms with Crippen molar-refractivity contribution >= 4 is 5.71 Å².